The van der Waals surface area contributed by atoms with E-state index >= 15 is 0 Å². The molecule has 3 aliphatic heterocycles. The van der Waals surface area contributed by atoms with Gasteiger partial charge < -0.3 is 84.5 Å². The van der Waals surface area contributed by atoms with E-state index in [0.717, 1.165) is 21.2 Å². The van der Waals surface area contributed by atoms with Gasteiger partial charge in [0.1, 0.15) is 33.5 Å². The monoisotopic (exact) mass is 1490 g/mol. The Hall–Kier alpha value is -10.1. The molecular formula is C80H77BrClN9O13. The maximum atomic E-state index is 12.6. The number of benzene rings is 6. The van der Waals surface area contributed by atoms with Gasteiger partial charge in [-0.15, -0.1) is 0 Å². The van der Waals surface area contributed by atoms with Crippen molar-refractivity contribution >= 4 is 50.5 Å². The van der Waals surface area contributed by atoms with Crippen molar-refractivity contribution in [3.63, 3.8) is 0 Å². The number of aliphatic hydroxyl groups excluding tert-OH is 4. The molecule has 0 radical (unpaired) electrons. The van der Waals surface area contributed by atoms with Crippen LogP contribution in [0.5, 0.6) is 34.9 Å². The van der Waals surface area contributed by atoms with Gasteiger partial charge >= 0.3 is 11.8 Å². The van der Waals surface area contributed by atoms with Gasteiger partial charge in [0, 0.05) is 77.9 Å². The number of methoxy groups -OCH3 is 3. The average molecular weight is 1490 g/mol. The predicted molar refractivity (Wildman–Crippen MR) is 393 cm³/mol. The van der Waals surface area contributed by atoms with Crippen LogP contribution in [-0.2, 0) is 33.6 Å². The zero-order valence-corrected chi connectivity index (χ0v) is 57.9. The first kappa shape index (κ1) is 75.1. The van der Waals surface area contributed by atoms with E-state index in [1.807, 2.05) is 115 Å². The van der Waals surface area contributed by atoms with Crippen LogP contribution in [0.3, 0.4) is 0 Å². The quantitative estimate of drug-likeness (QED) is 0.0361. The Morgan fingerprint density at radius 3 is 1.08 bits per heavy atom. The molecule has 6 heterocycles. The lowest BCUT2D eigenvalue weighted by Crippen LogP contribution is -2.52. The molecular weight excluding hydrogens is 1410 g/mol. The molecule has 3 fully saturated rings. The highest BCUT2D eigenvalue weighted by Gasteiger charge is 2.80. The predicted octanol–water partition coefficient (Wildman–Crippen LogP) is 12.3. The van der Waals surface area contributed by atoms with Gasteiger partial charge in [-0.25, -0.2) is 14.7 Å². The zero-order valence-electron chi connectivity index (χ0n) is 55.6. The van der Waals surface area contributed by atoms with Gasteiger partial charge in [0.05, 0.1) is 58.3 Å². The van der Waals surface area contributed by atoms with Crippen LogP contribution in [0.25, 0.3) is 19.4 Å². The van der Waals surface area contributed by atoms with Gasteiger partial charge in [-0.05, 0) is 59.6 Å². The minimum Gasteiger partial charge on any atom is -0.481 e. The molecule has 0 spiro atoms. The molecule has 3 saturated carbocycles. The topological polar surface area (TPSA) is 277 Å². The fraction of sp³-hybridized carbons (Fsp3) is 0.312. The lowest BCUT2D eigenvalue weighted by molar-refractivity contribution is -0.153. The van der Waals surface area contributed by atoms with E-state index in [1.54, 1.807) is 62.6 Å². The van der Waals surface area contributed by atoms with E-state index in [1.165, 1.54) is 39.5 Å². The molecule has 104 heavy (non-hydrogen) atoms. The number of pyridine rings is 3. The van der Waals surface area contributed by atoms with Crippen molar-refractivity contribution in [2.75, 3.05) is 55.1 Å². The highest BCUT2D eigenvalue weighted by atomic mass is 79.9. The van der Waals surface area contributed by atoms with Crippen LogP contribution in [0.15, 0.2) is 186 Å². The summed E-state index contributed by atoms with van der Waals surface area (Å²) in [5.41, 5.74) is -4.35. The molecule has 9 N–H and O–H groups in total. The Kier molecular flexibility index (Phi) is 21.1. The van der Waals surface area contributed by atoms with Crippen LogP contribution in [0.2, 0.25) is 5.15 Å². The number of rotatable bonds is 14. The summed E-state index contributed by atoms with van der Waals surface area (Å²) in [6.07, 6.45) is -3.91. The Labute approximate surface area is 616 Å². The van der Waals surface area contributed by atoms with Crippen molar-refractivity contribution in [1.29, 1.82) is 0 Å². The number of hydrogen-bond acceptors (Lipinski definition) is 18. The molecule has 6 aromatic carbocycles. The van der Waals surface area contributed by atoms with Gasteiger partial charge in [0.2, 0.25) is 5.88 Å². The van der Waals surface area contributed by atoms with Gasteiger partial charge in [-0.2, -0.15) is 0 Å². The molecule has 9 aromatic rings. The number of nitrogens with one attached hydrogen (secondary N) is 2. The van der Waals surface area contributed by atoms with E-state index in [2.05, 4.69) is 60.9 Å². The molecule has 534 valence electrons. The number of nitrogens with zero attached hydrogens (tertiary/aromatic N) is 7. The third-order valence-electron chi connectivity index (χ3n) is 21.0. The van der Waals surface area contributed by atoms with Crippen LogP contribution in [0.4, 0.5) is 23.0 Å². The van der Waals surface area contributed by atoms with Crippen molar-refractivity contribution in [1.82, 2.24) is 25.6 Å². The first-order valence-electron chi connectivity index (χ1n) is 32.5. The molecule has 3 aliphatic carbocycles. The highest BCUT2D eigenvalue weighted by Crippen LogP contribution is 2.73. The van der Waals surface area contributed by atoms with E-state index in [4.69, 9.17) is 66.3 Å². The Balaban J connectivity index is 0.000000155. The fourth-order valence-electron chi connectivity index (χ4n) is 17.2. The van der Waals surface area contributed by atoms with E-state index in [0.29, 0.717) is 41.2 Å². The SMILES string of the molecule is C.C.COc1nc(Cl)cc2c1[C@]1(O)[C@H](O)[C@H](CO)[C@@H](c3ccccc3)[C@]1(c1ccc(Br)cc1)O2.[C-]#[N+]c1ccc([C@@]23Oc4cc([N+]#[C-])nc(OC)c4[C@]2(O)[C@H](O)[C@H](CNC)[C@H]3c2ccccc2)cc1.[C-]#[N+]c1ccc([C@@]23Oc4cc([N+]#[C-])nc(OC)c4[C@]2(O)[C@H](O)[C@H](CNC)[C@H]3c2ccccc2)cc1. The average Bonchev–Trinajstić information content (AvgIpc) is 1.51. The van der Waals surface area contributed by atoms with Crippen molar-refractivity contribution in [3.05, 3.63) is 287 Å². The normalized spacial score (nSPS) is 28.5. The minimum atomic E-state index is -1.97. The molecule has 0 bridgehead atoms. The molecule has 6 aliphatic rings. The fourth-order valence-corrected chi connectivity index (χ4v) is 17.6. The van der Waals surface area contributed by atoms with Crippen molar-refractivity contribution in [2.45, 2.75) is 84.5 Å². The van der Waals surface area contributed by atoms with Crippen LogP contribution < -0.4 is 39.1 Å². The Bertz CT molecular complexity index is 4610. The molecule has 24 heteroatoms. The lowest BCUT2D eigenvalue weighted by Gasteiger charge is -2.40. The minimum absolute atomic E-state index is 0. The van der Waals surface area contributed by atoms with Crippen molar-refractivity contribution in [2.24, 2.45) is 17.8 Å². The molecule has 0 unspecified atom stereocenters. The highest BCUT2D eigenvalue weighted by molar-refractivity contribution is 9.10. The number of hydrogen-bond donors (Lipinski definition) is 9. The molecule has 0 saturated heterocycles. The number of aliphatic hydroxyl groups is 7. The largest absolute Gasteiger partial charge is 0.481 e. The van der Waals surface area contributed by atoms with Crippen molar-refractivity contribution < 1.29 is 64.2 Å². The summed E-state index contributed by atoms with van der Waals surface area (Å²) in [4.78, 5) is 26.6. The first-order valence-corrected chi connectivity index (χ1v) is 33.7. The Morgan fingerprint density at radius 1 is 0.462 bits per heavy atom. The first-order chi connectivity index (χ1) is 49.3. The van der Waals surface area contributed by atoms with E-state index in [-0.39, 0.29) is 89.8 Å². The van der Waals surface area contributed by atoms with Gasteiger partial charge in [0.25, 0.3) is 11.6 Å². The lowest BCUT2D eigenvalue weighted by atomic mass is 9.71. The second-order valence-electron chi connectivity index (χ2n) is 25.7. The number of halogens is 2. The standard InChI is InChI=1S/2C27H24N4O4.C24H21BrClNO5.2CH4/c2*1-28-15-19-22(16-8-6-5-7-9-16)27(17-10-12-18(29-2)13-11-17)26(33,24(19)32)23-20(35-27)14-21(30-3)31-25(23)34-4;1-31-22-20-17(11-18(26)27-22)32-24(14-7-9-15(25)10-8-14)19(13-5-3-2-4-6-13)16(12-28)21(29)23(20,24)30;;/h2*5-14,19,22,24,28,32-33H,15H2,1,4H3;2-11,16,19,21,28-30H,12H2,1H3;2*1H4/t2*19-,22-,24-,26+,27+;16-,19-,21-,23+,24+;;/m111../s1. The van der Waals surface area contributed by atoms with Crippen LogP contribution >= 0.6 is 27.5 Å². The summed E-state index contributed by atoms with van der Waals surface area (Å²) < 4.78 is 37.3. The molecule has 15 atom stereocenters. The Morgan fingerprint density at radius 2 is 0.769 bits per heavy atom. The zero-order chi connectivity index (χ0) is 72.3. The van der Waals surface area contributed by atoms with E-state index < -0.39 is 87.4 Å². The van der Waals surface area contributed by atoms with Gasteiger partial charge in [-0.3, -0.25) is 0 Å². The maximum absolute atomic E-state index is 12.6. The van der Waals surface area contributed by atoms with Crippen molar-refractivity contribution in [3.8, 4) is 34.9 Å². The maximum Gasteiger partial charge on any atom is 0.319 e. The summed E-state index contributed by atoms with van der Waals surface area (Å²) in [5.74, 6) is -2.21. The smallest absolute Gasteiger partial charge is 0.319 e. The number of ether oxygens (including phenoxy) is 6. The second-order valence-corrected chi connectivity index (χ2v) is 27.0. The van der Waals surface area contributed by atoms with E-state index in [9.17, 15) is 35.7 Å². The van der Waals surface area contributed by atoms with Crippen LogP contribution in [-0.4, -0.2) is 124 Å². The molecule has 0 amide bonds. The second kappa shape index (κ2) is 29.2. The summed E-state index contributed by atoms with van der Waals surface area (Å²) in [7, 11) is 7.82. The summed E-state index contributed by atoms with van der Waals surface area (Å²) in [6, 6.07) is 54.2. The molecule has 3 aromatic heterocycles. The summed E-state index contributed by atoms with van der Waals surface area (Å²) >= 11 is 9.66. The summed E-state index contributed by atoms with van der Waals surface area (Å²) in [6.45, 7) is 30.0. The third kappa shape index (κ3) is 10.9. The third-order valence-corrected chi connectivity index (χ3v) is 21.8. The van der Waals surface area contributed by atoms with Gasteiger partial charge in [0.15, 0.2) is 45.0 Å². The van der Waals surface area contributed by atoms with Crippen LogP contribution in [0, 0.1) is 44.0 Å². The molecule has 22 nitrogen and oxygen atoms in total. The van der Waals surface area contributed by atoms with Gasteiger partial charge in [-0.1, -0.05) is 217 Å². The summed E-state index contributed by atoms with van der Waals surface area (Å²) in [5, 5.41) is 89.7. The number of aromatic nitrogens is 3. The molecule has 15 rings (SSSR count). The van der Waals surface area contributed by atoms with Crippen LogP contribution in [0.1, 0.15) is 82.7 Å². The number of fused-ring (bicyclic) bond motifs is 9.